The highest BCUT2D eigenvalue weighted by molar-refractivity contribution is 6.02. The predicted octanol–water partition coefficient (Wildman–Crippen LogP) is 1.82. The van der Waals surface area contributed by atoms with E-state index in [-0.39, 0.29) is 23.4 Å². The van der Waals surface area contributed by atoms with Gasteiger partial charge < -0.3 is 25.2 Å². The van der Waals surface area contributed by atoms with Gasteiger partial charge in [0.25, 0.3) is 5.91 Å². The number of fused-ring (bicyclic) bond motifs is 2. The summed E-state index contributed by atoms with van der Waals surface area (Å²) in [4.78, 5) is 14.3. The molecule has 2 aliphatic heterocycles. The summed E-state index contributed by atoms with van der Waals surface area (Å²) in [7, 11) is 1.42. The maximum absolute atomic E-state index is 12.8. The highest BCUT2D eigenvalue weighted by atomic mass is 16.5. The largest absolute Gasteiger partial charge is 0.504 e. The van der Waals surface area contributed by atoms with E-state index in [0.717, 1.165) is 5.57 Å². The van der Waals surface area contributed by atoms with Crippen LogP contribution < -0.4 is 10.1 Å². The van der Waals surface area contributed by atoms with Crippen LogP contribution in [0.15, 0.2) is 36.1 Å². The lowest BCUT2D eigenvalue weighted by Gasteiger charge is -2.24. The summed E-state index contributed by atoms with van der Waals surface area (Å²) in [6.45, 7) is 1.91. The summed E-state index contributed by atoms with van der Waals surface area (Å²) in [5, 5.41) is 23.1. The molecule has 6 nitrogen and oxygen atoms in total. The molecule has 22 heavy (non-hydrogen) atoms. The van der Waals surface area contributed by atoms with Gasteiger partial charge in [0.15, 0.2) is 11.5 Å². The number of aromatic hydroxyl groups is 1. The van der Waals surface area contributed by atoms with Gasteiger partial charge in [-0.2, -0.15) is 0 Å². The number of hydrogen-bond acceptors (Lipinski definition) is 5. The van der Waals surface area contributed by atoms with Gasteiger partial charge in [0.2, 0.25) is 0 Å². The number of methoxy groups -OCH3 is 1. The van der Waals surface area contributed by atoms with Crippen LogP contribution in [0.25, 0.3) is 0 Å². The van der Waals surface area contributed by atoms with E-state index in [1.165, 1.54) is 24.1 Å². The van der Waals surface area contributed by atoms with Crippen LogP contribution >= 0.6 is 0 Å². The first-order valence-corrected chi connectivity index (χ1v) is 7.06. The van der Waals surface area contributed by atoms with Crippen molar-refractivity contribution in [2.75, 3.05) is 12.4 Å². The summed E-state index contributed by atoms with van der Waals surface area (Å²) >= 11 is 0. The number of ether oxygens (including phenoxy) is 1. The lowest BCUT2D eigenvalue weighted by molar-refractivity contribution is 0.0643. The van der Waals surface area contributed by atoms with Crippen LogP contribution in [0.3, 0.4) is 0 Å². The number of benzene rings is 1. The van der Waals surface area contributed by atoms with Crippen LogP contribution in [0, 0.1) is 0 Å². The highest BCUT2D eigenvalue weighted by Crippen LogP contribution is 2.38. The molecule has 2 heterocycles. The monoisotopic (exact) mass is 302 g/mol. The second-order valence-corrected chi connectivity index (χ2v) is 5.35. The molecule has 1 aromatic carbocycles. The van der Waals surface area contributed by atoms with E-state index in [2.05, 4.69) is 5.32 Å². The summed E-state index contributed by atoms with van der Waals surface area (Å²) in [6.07, 6.45) is 5.23. The van der Waals surface area contributed by atoms with Gasteiger partial charge in [-0.25, -0.2) is 0 Å². The molecule has 0 fully saturated rings. The Morgan fingerprint density at radius 3 is 2.91 bits per heavy atom. The molecule has 2 aliphatic rings. The van der Waals surface area contributed by atoms with Gasteiger partial charge in [-0.15, -0.1) is 0 Å². The number of rotatable bonds is 2. The van der Waals surface area contributed by atoms with E-state index in [1.807, 2.05) is 19.1 Å². The third-order valence-electron chi connectivity index (χ3n) is 3.94. The van der Waals surface area contributed by atoms with Gasteiger partial charge >= 0.3 is 0 Å². The molecule has 116 valence electrons. The summed E-state index contributed by atoms with van der Waals surface area (Å²) in [6, 6.07) is 2.50. The zero-order valence-corrected chi connectivity index (χ0v) is 12.4. The van der Waals surface area contributed by atoms with E-state index in [9.17, 15) is 15.0 Å². The van der Waals surface area contributed by atoms with E-state index >= 15 is 0 Å². The molecule has 1 amide bonds. The molecular formula is C16H18N2O4. The molecule has 0 spiro atoms. The molecular weight excluding hydrogens is 284 g/mol. The SMILES string of the molecule is C/C=C/C1=CN2C(=O)c3cc(OC)c(O)cc3NC(O)[C@@H]2C1. The summed E-state index contributed by atoms with van der Waals surface area (Å²) in [5.41, 5.74) is 1.73. The molecule has 1 unspecified atom stereocenters. The van der Waals surface area contributed by atoms with Gasteiger partial charge in [-0.3, -0.25) is 4.79 Å². The molecule has 0 aliphatic carbocycles. The van der Waals surface area contributed by atoms with Crippen molar-refractivity contribution in [2.45, 2.75) is 25.6 Å². The van der Waals surface area contributed by atoms with Crippen molar-refractivity contribution in [3.63, 3.8) is 0 Å². The molecule has 0 saturated carbocycles. The van der Waals surface area contributed by atoms with E-state index < -0.39 is 6.23 Å². The first-order valence-electron chi connectivity index (χ1n) is 7.06. The first kappa shape index (κ1) is 14.5. The van der Waals surface area contributed by atoms with Crippen LogP contribution in [-0.2, 0) is 0 Å². The second kappa shape index (κ2) is 5.38. The molecule has 1 aromatic rings. The number of amides is 1. The number of carbonyl (C=O) groups excluding carboxylic acids is 1. The zero-order valence-electron chi connectivity index (χ0n) is 12.4. The van der Waals surface area contributed by atoms with Gasteiger partial charge in [0.05, 0.1) is 24.4 Å². The number of allylic oxidation sites excluding steroid dienone is 2. The Balaban J connectivity index is 2.07. The molecule has 0 radical (unpaired) electrons. The summed E-state index contributed by atoms with van der Waals surface area (Å²) < 4.78 is 5.06. The van der Waals surface area contributed by atoms with Gasteiger partial charge in [0.1, 0.15) is 6.23 Å². The fourth-order valence-corrected chi connectivity index (χ4v) is 2.89. The molecule has 2 atom stereocenters. The minimum atomic E-state index is -0.919. The van der Waals surface area contributed by atoms with Crippen LogP contribution in [0.1, 0.15) is 23.7 Å². The zero-order chi connectivity index (χ0) is 15.9. The molecule has 0 bridgehead atoms. The fraction of sp³-hybridized carbons (Fsp3) is 0.312. The van der Waals surface area contributed by atoms with Crippen LogP contribution in [0.4, 0.5) is 5.69 Å². The van der Waals surface area contributed by atoms with E-state index in [4.69, 9.17) is 4.74 Å². The normalized spacial score (nSPS) is 23.7. The van der Waals surface area contributed by atoms with Crippen LogP contribution in [0.5, 0.6) is 11.5 Å². The average Bonchev–Trinajstić information content (AvgIpc) is 2.88. The van der Waals surface area contributed by atoms with Gasteiger partial charge in [-0.1, -0.05) is 12.2 Å². The minimum absolute atomic E-state index is 0.0824. The second-order valence-electron chi connectivity index (χ2n) is 5.35. The van der Waals surface area contributed by atoms with Gasteiger partial charge in [-0.05, 0) is 25.0 Å². The molecule has 0 saturated heterocycles. The first-order chi connectivity index (χ1) is 10.5. The lowest BCUT2D eigenvalue weighted by atomic mass is 10.1. The Morgan fingerprint density at radius 1 is 1.45 bits per heavy atom. The molecule has 0 aromatic heterocycles. The van der Waals surface area contributed by atoms with Crippen molar-refractivity contribution < 1.29 is 19.7 Å². The number of anilines is 1. The number of carbonyl (C=O) groups is 1. The Labute approximate surface area is 128 Å². The molecule has 3 rings (SSSR count). The number of phenols is 1. The fourth-order valence-electron chi connectivity index (χ4n) is 2.89. The minimum Gasteiger partial charge on any atom is -0.504 e. The summed E-state index contributed by atoms with van der Waals surface area (Å²) in [5.74, 6) is -0.0958. The van der Waals surface area contributed by atoms with Crippen molar-refractivity contribution in [2.24, 2.45) is 0 Å². The number of nitrogens with one attached hydrogen (secondary N) is 1. The smallest absolute Gasteiger partial charge is 0.260 e. The van der Waals surface area contributed by atoms with Crippen LogP contribution in [0.2, 0.25) is 0 Å². The van der Waals surface area contributed by atoms with Crippen molar-refractivity contribution in [1.29, 1.82) is 0 Å². The lowest BCUT2D eigenvalue weighted by Crippen LogP contribution is -2.42. The Hall–Kier alpha value is -2.47. The maximum atomic E-state index is 12.8. The number of nitrogens with zero attached hydrogens (tertiary/aromatic N) is 1. The van der Waals surface area contributed by atoms with Crippen molar-refractivity contribution >= 4 is 11.6 Å². The third-order valence-corrected chi connectivity index (χ3v) is 3.94. The Bertz CT molecular complexity index is 681. The Kier molecular flexibility index (Phi) is 3.54. The Morgan fingerprint density at radius 2 is 2.23 bits per heavy atom. The predicted molar refractivity (Wildman–Crippen MR) is 81.8 cm³/mol. The third kappa shape index (κ3) is 2.21. The number of phenolic OH excluding ortho intramolecular Hbond substituents is 1. The molecule has 6 heteroatoms. The van der Waals surface area contributed by atoms with E-state index in [0.29, 0.717) is 17.7 Å². The standard InChI is InChI=1S/C16H18N2O4/c1-3-4-9-5-12-15(20)17-11-7-13(19)14(22-2)6-10(11)16(21)18(12)8-9/h3-4,6-8,12,15,17,19-20H,5H2,1-2H3/b4-3+/t12-,15?/m0/s1. The van der Waals surface area contributed by atoms with Gasteiger partial charge in [0, 0.05) is 12.3 Å². The number of aliphatic hydroxyl groups is 1. The highest BCUT2D eigenvalue weighted by Gasteiger charge is 2.38. The molecule has 3 N–H and O–H groups in total. The average molecular weight is 302 g/mol. The van der Waals surface area contributed by atoms with E-state index in [1.54, 1.807) is 6.20 Å². The topological polar surface area (TPSA) is 82.0 Å². The van der Waals surface area contributed by atoms with Crippen molar-refractivity contribution in [3.8, 4) is 11.5 Å². The number of aliphatic hydroxyl groups excluding tert-OH is 1. The van der Waals surface area contributed by atoms with Crippen molar-refractivity contribution in [3.05, 3.63) is 41.6 Å². The maximum Gasteiger partial charge on any atom is 0.260 e. The number of hydrogen-bond donors (Lipinski definition) is 3. The quantitative estimate of drug-likeness (QED) is 0.776. The van der Waals surface area contributed by atoms with Crippen LogP contribution in [-0.4, -0.2) is 40.4 Å². The van der Waals surface area contributed by atoms with Crippen molar-refractivity contribution in [1.82, 2.24) is 4.90 Å².